The zero-order valence-electron chi connectivity index (χ0n) is 13.7. The van der Waals surface area contributed by atoms with Gasteiger partial charge < -0.3 is 0 Å². The molecule has 0 bridgehead atoms. The summed E-state index contributed by atoms with van der Waals surface area (Å²) in [5.74, 6) is 0. The molecule has 0 aromatic heterocycles. The molecule has 2 radical (unpaired) electrons. The molecule has 1 aliphatic rings. The van der Waals surface area contributed by atoms with Gasteiger partial charge >= 0.3 is 0 Å². The molecular weight excluding hydrogens is 300 g/mol. The van der Waals surface area contributed by atoms with E-state index >= 15 is 0 Å². The minimum Gasteiger partial charge on any atom is -0.0619 e. The fraction of sp³-hybridized carbons (Fsp3) is 0.0400. The maximum Gasteiger partial charge on any atom is 0.0725 e. The van der Waals surface area contributed by atoms with Crippen molar-refractivity contribution in [3.05, 3.63) is 131 Å². The third kappa shape index (κ3) is 1.88. The maximum atomic E-state index is 3.51. The van der Waals surface area contributed by atoms with Gasteiger partial charge in [0.1, 0.15) is 0 Å². The summed E-state index contributed by atoms with van der Waals surface area (Å²) in [6.07, 6.45) is 0. The molecular formula is C25H16. The van der Waals surface area contributed by atoms with Crippen LogP contribution in [0, 0.1) is 12.1 Å². The smallest absolute Gasteiger partial charge is 0.0619 e. The van der Waals surface area contributed by atoms with Crippen LogP contribution in [0.4, 0.5) is 0 Å². The first-order chi connectivity index (χ1) is 12.4. The predicted octanol–water partition coefficient (Wildman–Crippen LogP) is 5.65. The van der Waals surface area contributed by atoms with Crippen molar-refractivity contribution < 1.29 is 0 Å². The summed E-state index contributed by atoms with van der Waals surface area (Å²) in [5, 5.41) is 0. The van der Waals surface area contributed by atoms with Crippen molar-refractivity contribution in [2.45, 2.75) is 5.41 Å². The highest BCUT2D eigenvalue weighted by Gasteiger charge is 2.45. The van der Waals surface area contributed by atoms with E-state index in [0.29, 0.717) is 0 Å². The van der Waals surface area contributed by atoms with Gasteiger partial charge in [-0.1, -0.05) is 97.1 Å². The summed E-state index contributed by atoms with van der Waals surface area (Å²) in [7, 11) is 0. The van der Waals surface area contributed by atoms with Crippen molar-refractivity contribution in [1.82, 2.24) is 0 Å². The Balaban J connectivity index is 1.98. The number of rotatable bonds is 2. The van der Waals surface area contributed by atoms with Crippen LogP contribution in [0.25, 0.3) is 11.1 Å². The molecule has 5 rings (SSSR count). The van der Waals surface area contributed by atoms with Gasteiger partial charge in [-0.15, -0.1) is 0 Å². The molecule has 0 nitrogen and oxygen atoms in total. The number of hydrogen-bond acceptors (Lipinski definition) is 0. The molecule has 4 aromatic carbocycles. The van der Waals surface area contributed by atoms with E-state index in [1.54, 1.807) is 0 Å². The van der Waals surface area contributed by atoms with Crippen LogP contribution in [-0.2, 0) is 5.41 Å². The highest BCUT2D eigenvalue weighted by atomic mass is 14.5. The van der Waals surface area contributed by atoms with Crippen molar-refractivity contribution >= 4 is 0 Å². The Morgan fingerprint density at radius 3 is 1.36 bits per heavy atom. The number of benzene rings is 4. The van der Waals surface area contributed by atoms with Crippen molar-refractivity contribution in [2.75, 3.05) is 0 Å². The lowest BCUT2D eigenvalue weighted by Gasteiger charge is -2.33. The van der Waals surface area contributed by atoms with Crippen molar-refractivity contribution in [3.8, 4) is 11.1 Å². The molecule has 1 aliphatic carbocycles. The lowest BCUT2D eigenvalue weighted by molar-refractivity contribution is 0.765. The van der Waals surface area contributed by atoms with E-state index in [1.807, 2.05) is 24.3 Å². The molecule has 0 atom stereocenters. The molecule has 0 heterocycles. The Hall–Kier alpha value is -3.12. The first-order valence-electron chi connectivity index (χ1n) is 8.56. The second-order valence-corrected chi connectivity index (χ2v) is 6.39. The van der Waals surface area contributed by atoms with Crippen LogP contribution >= 0.6 is 0 Å². The van der Waals surface area contributed by atoms with E-state index in [0.717, 1.165) is 11.1 Å². The third-order valence-corrected chi connectivity index (χ3v) is 5.18. The van der Waals surface area contributed by atoms with Gasteiger partial charge in [-0.2, -0.15) is 0 Å². The SMILES string of the molecule is [c]1ccccc1C1(c2[c]cccc2)c2ccccc2-c2ccccc21. The fourth-order valence-corrected chi connectivity index (χ4v) is 4.21. The van der Waals surface area contributed by atoms with E-state index in [2.05, 4.69) is 84.9 Å². The topological polar surface area (TPSA) is 0 Å². The summed E-state index contributed by atoms with van der Waals surface area (Å²) in [6.45, 7) is 0. The zero-order valence-corrected chi connectivity index (χ0v) is 13.7. The Morgan fingerprint density at radius 2 is 0.920 bits per heavy atom. The number of fused-ring (bicyclic) bond motifs is 3. The zero-order chi connectivity index (χ0) is 16.7. The molecule has 0 aliphatic heterocycles. The molecule has 25 heavy (non-hydrogen) atoms. The van der Waals surface area contributed by atoms with Crippen LogP contribution in [0.5, 0.6) is 0 Å². The van der Waals surface area contributed by atoms with Gasteiger partial charge in [0.25, 0.3) is 0 Å². The first kappa shape index (κ1) is 14.2. The number of hydrogen-bond donors (Lipinski definition) is 0. The molecule has 0 unspecified atom stereocenters. The van der Waals surface area contributed by atoms with Gasteiger partial charge in [0.2, 0.25) is 0 Å². The summed E-state index contributed by atoms with van der Waals surface area (Å²) in [5.41, 5.74) is 7.17. The summed E-state index contributed by atoms with van der Waals surface area (Å²) >= 11 is 0. The van der Waals surface area contributed by atoms with Gasteiger partial charge in [-0.05, 0) is 45.5 Å². The molecule has 0 saturated carbocycles. The fourth-order valence-electron chi connectivity index (χ4n) is 4.21. The van der Waals surface area contributed by atoms with Crippen LogP contribution in [0.3, 0.4) is 0 Å². The normalized spacial score (nSPS) is 13.9. The monoisotopic (exact) mass is 316 g/mol. The van der Waals surface area contributed by atoms with Crippen LogP contribution in [-0.4, -0.2) is 0 Å². The van der Waals surface area contributed by atoms with Crippen molar-refractivity contribution in [2.24, 2.45) is 0 Å². The molecule has 0 saturated heterocycles. The van der Waals surface area contributed by atoms with Crippen molar-refractivity contribution in [1.29, 1.82) is 0 Å². The van der Waals surface area contributed by atoms with Crippen LogP contribution in [0.2, 0.25) is 0 Å². The van der Waals surface area contributed by atoms with E-state index in [9.17, 15) is 0 Å². The Kier molecular flexibility index (Phi) is 3.11. The Morgan fingerprint density at radius 1 is 0.480 bits per heavy atom. The minimum atomic E-state index is -0.365. The largest absolute Gasteiger partial charge is 0.0725 e. The predicted molar refractivity (Wildman–Crippen MR) is 101 cm³/mol. The van der Waals surface area contributed by atoms with Gasteiger partial charge in [0, 0.05) is 0 Å². The van der Waals surface area contributed by atoms with Crippen LogP contribution in [0.1, 0.15) is 22.3 Å². The highest BCUT2D eigenvalue weighted by molar-refractivity contribution is 5.85. The highest BCUT2D eigenvalue weighted by Crippen LogP contribution is 2.55. The molecule has 116 valence electrons. The average Bonchev–Trinajstić information content (AvgIpc) is 3.01. The molecule has 0 heteroatoms. The van der Waals surface area contributed by atoms with E-state index in [-0.39, 0.29) is 5.41 Å². The molecule has 0 amide bonds. The van der Waals surface area contributed by atoms with Crippen LogP contribution < -0.4 is 0 Å². The summed E-state index contributed by atoms with van der Waals surface area (Å²) < 4.78 is 0. The van der Waals surface area contributed by atoms with E-state index in [4.69, 9.17) is 0 Å². The summed E-state index contributed by atoms with van der Waals surface area (Å²) in [4.78, 5) is 0. The van der Waals surface area contributed by atoms with Gasteiger partial charge in [0.15, 0.2) is 0 Å². The van der Waals surface area contributed by atoms with E-state index < -0.39 is 0 Å². The Labute approximate surface area is 148 Å². The van der Waals surface area contributed by atoms with E-state index in [1.165, 1.54) is 22.3 Å². The van der Waals surface area contributed by atoms with Gasteiger partial charge in [-0.25, -0.2) is 0 Å². The minimum absolute atomic E-state index is 0.365. The van der Waals surface area contributed by atoms with Gasteiger partial charge in [-0.3, -0.25) is 0 Å². The lowest BCUT2D eigenvalue weighted by Crippen LogP contribution is -2.28. The standard InChI is InChI=1S/C25H16/c1-3-11-19(12-4-1)25(20-13-5-2-6-14-20)23-17-9-7-15-21(23)22-16-8-10-18-24(22)25/h1-11,13,15-18H. The second kappa shape index (κ2) is 5.46. The first-order valence-corrected chi connectivity index (χ1v) is 8.56. The Bertz CT molecular complexity index is 943. The maximum absolute atomic E-state index is 3.51. The quantitative estimate of drug-likeness (QED) is 0.395. The van der Waals surface area contributed by atoms with Gasteiger partial charge in [0.05, 0.1) is 5.41 Å². The average molecular weight is 316 g/mol. The summed E-state index contributed by atoms with van der Waals surface area (Å²) in [6, 6.07) is 41.1. The molecule has 0 fully saturated rings. The van der Waals surface area contributed by atoms with Crippen molar-refractivity contribution in [3.63, 3.8) is 0 Å². The lowest BCUT2D eigenvalue weighted by atomic mass is 9.68. The molecule has 4 aromatic rings. The van der Waals surface area contributed by atoms with Crippen LogP contribution in [0.15, 0.2) is 97.1 Å². The third-order valence-electron chi connectivity index (χ3n) is 5.18. The second-order valence-electron chi connectivity index (χ2n) is 6.39. The molecule has 0 N–H and O–H groups in total. The molecule has 0 spiro atoms.